The Morgan fingerprint density at radius 3 is 2.78 bits per heavy atom. The lowest BCUT2D eigenvalue weighted by Crippen LogP contribution is -2.36. The summed E-state index contributed by atoms with van der Waals surface area (Å²) in [7, 11) is 0. The van der Waals surface area contributed by atoms with Crippen LogP contribution in [0.2, 0.25) is 0 Å². The molecule has 0 aliphatic rings. The number of nitrogens with one attached hydrogen (secondary N) is 1. The molecule has 0 aromatic carbocycles. The van der Waals surface area contributed by atoms with E-state index >= 15 is 0 Å². The van der Waals surface area contributed by atoms with Crippen LogP contribution < -0.4 is 5.32 Å². The number of pyridine rings is 1. The predicted molar refractivity (Wildman–Crippen MR) is 73.7 cm³/mol. The number of aryl methyl sites for hydroxylation is 1. The molecule has 0 saturated carbocycles. The number of aromatic nitrogens is 3. The summed E-state index contributed by atoms with van der Waals surface area (Å²) in [5.41, 5.74) is 3.40. The number of fused-ring (bicyclic) bond motifs is 1. The molecule has 0 bridgehead atoms. The second kappa shape index (κ2) is 5.48. The summed E-state index contributed by atoms with van der Waals surface area (Å²) < 4.78 is 1.94. The second-order valence-electron chi connectivity index (χ2n) is 5.17. The molecule has 0 fully saturated rings. The Balaban J connectivity index is 2.32. The monoisotopic (exact) mass is 246 g/mol. The highest BCUT2D eigenvalue weighted by Gasteiger charge is 2.15. The molecule has 2 aromatic rings. The van der Waals surface area contributed by atoms with Gasteiger partial charge < -0.3 is 5.32 Å². The average Bonchev–Trinajstić information content (AvgIpc) is 2.76. The Kier molecular flexibility index (Phi) is 3.97. The molecule has 98 valence electrons. The number of likely N-dealkylation sites (N-methyl/N-ethyl adjacent to an activating group) is 1. The maximum absolute atomic E-state index is 4.31. The van der Waals surface area contributed by atoms with Gasteiger partial charge in [0, 0.05) is 18.2 Å². The highest BCUT2D eigenvalue weighted by Crippen LogP contribution is 2.13. The van der Waals surface area contributed by atoms with Crippen LogP contribution >= 0.6 is 0 Å². The first-order valence-electron chi connectivity index (χ1n) is 6.64. The van der Waals surface area contributed by atoms with Gasteiger partial charge in [0.2, 0.25) is 0 Å². The van der Waals surface area contributed by atoms with Gasteiger partial charge in [0.1, 0.15) is 6.33 Å². The van der Waals surface area contributed by atoms with E-state index in [9.17, 15) is 0 Å². The van der Waals surface area contributed by atoms with Crippen LogP contribution in [0.4, 0.5) is 0 Å². The van der Waals surface area contributed by atoms with Gasteiger partial charge in [0.05, 0.1) is 0 Å². The molecule has 1 unspecified atom stereocenters. The first kappa shape index (κ1) is 13.0. The summed E-state index contributed by atoms with van der Waals surface area (Å²) >= 11 is 0. The molecule has 0 aliphatic carbocycles. The fraction of sp³-hybridized carbons (Fsp3) is 0.571. The highest BCUT2D eigenvalue weighted by molar-refractivity contribution is 5.41. The van der Waals surface area contributed by atoms with E-state index in [0.29, 0.717) is 12.0 Å². The van der Waals surface area contributed by atoms with E-state index in [4.69, 9.17) is 0 Å². The SMILES string of the molecule is CCNC(Cc1cc(C)cc2ncnn12)C(C)C. The van der Waals surface area contributed by atoms with Gasteiger partial charge in [-0.1, -0.05) is 20.8 Å². The minimum absolute atomic E-state index is 0.476. The third-order valence-electron chi connectivity index (χ3n) is 3.30. The van der Waals surface area contributed by atoms with E-state index in [0.717, 1.165) is 18.6 Å². The molecule has 0 saturated heterocycles. The zero-order valence-electron chi connectivity index (χ0n) is 11.6. The van der Waals surface area contributed by atoms with E-state index < -0.39 is 0 Å². The molecule has 1 N–H and O–H groups in total. The minimum Gasteiger partial charge on any atom is -0.314 e. The van der Waals surface area contributed by atoms with Gasteiger partial charge in [-0.05, 0) is 37.1 Å². The van der Waals surface area contributed by atoms with Gasteiger partial charge in [-0.25, -0.2) is 9.50 Å². The van der Waals surface area contributed by atoms with Crippen LogP contribution in [-0.4, -0.2) is 27.2 Å². The fourth-order valence-corrected chi connectivity index (χ4v) is 2.32. The molecule has 0 amide bonds. The number of nitrogens with zero attached hydrogens (tertiary/aromatic N) is 3. The Bertz CT molecular complexity index is 515. The van der Waals surface area contributed by atoms with Gasteiger partial charge in [0.15, 0.2) is 5.65 Å². The Morgan fingerprint density at radius 2 is 2.11 bits per heavy atom. The van der Waals surface area contributed by atoms with Crippen LogP contribution in [0.25, 0.3) is 5.65 Å². The lowest BCUT2D eigenvalue weighted by molar-refractivity contribution is 0.400. The molecule has 4 heteroatoms. The molecular formula is C14H22N4. The lowest BCUT2D eigenvalue weighted by atomic mass is 9.98. The minimum atomic E-state index is 0.476. The molecule has 0 spiro atoms. The summed E-state index contributed by atoms with van der Waals surface area (Å²) in [4.78, 5) is 4.27. The third-order valence-corrected chi connectivity index (χ3v) is 3.30. The molecule has 0 aliphatic heterocycles. The van der Waals surface area contributed by atoms with Crippen molar-refractivity contribution in [3.05, 3.63) is 29.7 Å². The summed E-state index contributed by atoms with van der Waals surface area (Å²) in [6.45, 7) is 9.75. The average molecular weight is 246 g/mol. The van der Waals surface area contributed by atoms with Crippen LogP contribution in [0, 0.1) is 12.8 Å². The van der Waals surface area contributed by atoms with Crippen molar-refractivity contribution in [3.8, 4) is 0 Å². The van der Waals surface area contributed by atoms with E-state index in [1.807, 2.05) is 4.52 Å². The number of hydrogen-bond acceptors (Lipinski definition) is 3. The van der Waals surface area contributed by atoms with E-state index in [1.54, 1.807) is 6.33 Å². The number of hydrogen-bond donors (Lipinski definition) is 1. The van der Waals surface area contributed by atoms with Crippen LogP contribution in [0.15, 0.2) is 18.5 Å². The van der Waals surface area contributed by atoms with Crippen LogP contribution in [0.3, 0.4) is 0 Å². The van der Waals surface area contributed by atoms with E-state index in [2.05, 4.69) is 55.2 Å². The Hall–Kier alpha value is -1.42. The van der Waals surface area contributed by atoms with Gasteiger partial charge in [-0.15, -0.1) is 0 Å². The van der Waals surface area contributed by atoms with Crippen molar-refractivity contribution >= 4 is 5.65 Å². The van der Waals surface area contributed by atoms with E-state index in [1.165, 1.54) is 11.3 Å². The topological polar surface area (TPSA) is 42.2 Å². The molecule has 2 aromatic heterocycles. The van der Waals surface area contributed by atoms with Crippen molar-refractivity contribution in [2.75, 3.05) is 6.54 Å². The van der Waals surface area contributed by atoms with Gasteiger partial charge in [0.25, 0.3) is 0 Å². The summed E-state index contributed by atoms with van der Waals surface area (Å²) in [6.07, 6.45) is 2.60. The maximum atomic E-state index is 4.31. The molecule has 1 atom stereocenters. The normalized spacial score (nSPS) is 13.4. The van der Waals surface area contributed by atoms with Crippen molar-refractivity contribution in [2.24, 2.45) is 5.92 Å². The standard InChI is InChI=1S/C14H22N4/c1-5-15-13(10(2)3)8-12-6-11(4)7-14-16-9-17-18(12)14/h6-7,9-10,13,15H,5,8H2,1-4H3. The molecule has 2 heterocycles. The highest BCUT2D eigenvalue weighted by atomic mass is 15.3. The molecule has 2 rings (SSSR count). The van der Waals surface area contributed by atoms with Crippen LogP contribution in [-0.2, 0) is 6.42 Å². The van der Waals surface area contributed by atoms with Crippen molar-refractivity contribution in [1.82, 2.24) is 19.9 Å². The van der Waals surface area contributed by atoms with Gasteiger partial charge >= 0.3 is 0 Å². The second-order valence-corrected chi connectivity index (χ2v) is 5.17. The first-order chi connectivity index (χ1) is 8.61. The lowest BCUT2D eigenvalue weighted by Gasteiger charge is -2.22. The van der Waals surface area contributed by atoms with Crippen molar-refractivity contribution in [1.29, 1.82) is 0 Å². The fourth-order valence-electron chi connectivity index (χ4n) is 2.32. The number of rotatable bonds is 5. The van der Waals surface area contributed by atoms with Crippen LogP contribution in [0.5, 0.6) is 0 Å². The van der Waals surface area contributed by atoms with Crippen molar-refractivity contribution in [2.45, 2.75) is 40.2 Å². The zero-order valence-corrected chi connectivity index (χ0v) is 11.6. The zero-order chi connectivity index (χ0) is 13.1. The smallest absolute Gasteiger partial charge is 0.155 e. The summed E-state index contributed by atoms with van der Waals surface area (Å²) in [6, 6.07) is 4.74. The third kappa shape index (κ3) is 2.70. The summed E-state index contributed by atoms with van der Waals surface area (Å²) in [5.74, 6) is 0.601. The largest absolute Gasteiger partial charge is 0.314 e. The van der Waals surface area contributed by atoms with E-state index in [-0.39, 0.29) is 0 Å². The van der Waals surface area contributed by atoms with Crippen LogP contribution in [0.1, 0.15) is 32.0 Å². The molecule has 4 nitrogen and oxygen atoms in total. The van der Waals surface area contributed by atoms with Crippen molar-refractivity contribution in [3.63, 3.8) is 0 Å². The van der Waals surface area contributed by atoms with Gasteiger partial charge in [-0.2, -0.15) is 5.10 Å². The summed E-state index contributed by atoms with van der Waals surface area (Å²) in [5, 5.41) is 7.86. The first-order valence-corrected chi connectivity index (χ1v) is 6.64. The Morgan fingerprint density at radius 1 is 1.33 bits per heavy atom. The Labute approximate surface area is 108 Å². The molecule has 0 radical (unpaired) electrons. The maximum Gasteiger partial charge on any atom is 0.155 e. The van der Waals surface area contributed by atoms with Crippen molar-refractivity contribution < 1.29 is 0 Å². The quantitative estimate of drug-likeness (QED) is 0.879. The molecular weight excluding hydrogens is 224 g/mol. The van der Waals surface area contributed by atoms with Gasteiger partial charge in [-0.3, -0.25) is 0 Å². The molecule has 18 heavy (non-hydrogen) atoms. The predicted octanol–water partition coefficient (Wildman–Crippen LogP) is 2.21.